The molecule has 1 unspecified atom stereocenters. The summed E-state index contributed by atoms with van der Waals surface area (Å²) in [5.74, 6) is -0.153. The first-order valence-corrected chi connectivity index (χ1v) is 7.32. The number of benzene rings is 1. The molecule has 116 valence electrons. The maximum Gasteiger partial charge on any atom is 0.279 e. The van der Waals surface area contributed by atoms with Gasteiger partial charge in [-0.1, -0.05) is 11.6 Å². The third kappa shape index (κ3) is 4.41. The number of nitrogens with one attached hydrogen (secondary N) is 1. The minimum absolute atomic E-state index is 0.00498. The van der Waals surface area contributed by atoms with Crippen molar-refractivity contribution in [3.05, 3.63) is 34.4 Å². The Kier molecular flexibility index (Phi) is 6.11. The molecule has 0 radical (unpaired) electrons. The number of halogens is 1. The smallest absolute Gasteiger partial charge is 0.279 e. The van der Waals surface area contributed by atoms with Gasteiger partial charge in [0, 0.05) is 24.7 Å². The molecule has 1 amide bonds. The lowest BCUT2D eigenvalue weighted by Gasteiger charge is -2.38. The molecule has 6 nitrogen and oxygen atoms in total. The number of carbonyl (C=O) groups is 1. The van der Waals surface area contributed by atoms with Crippen molar-refractivity contribution in [3.8, 4) is 0 Å². The van der Waals surface area contributed by atoms with Crippen LogP contribution in [0, 0.1) is 10.1 Å². The fourth-order valence-corrected chi connectivity index (χ4v) is 2.57. The number of amides is 1. The summed E-state index contributed by atoms with van der Waals surface area (Å²) in [4.78, 5) is 22.3. The summed E-state index contributed by atoms with van der Waals surface area (Å²) in [5, 5.41) is 13.3. The van der Waals surface area contributed by atoms with Crippen molar-refractivity contribution in [1.82, 2.24) is 0 Å². The van der Waals surface area contributed by atoms with Gasteiger partial charge >= 0.3 is 0 Å². The molecule has 1 rings (SSSR count). The van der Waals surface area contributed by atoms with Gasteiger partial charge in [-0.25, -0.2) is 0 Å². The molecule has 0 fully saturated rings. The van der Waals surface area contributed by atoms with E-state index in [4.69, 9.17) is 11.6 Å². The van der Waals surface area contributed by atoms with Crippen LogP contribution in [-0.2, 0) is 4.79 Å². The number of hydrogen-bond donors (Lipinski definition) is 1. The lowest BCUT2D eigenvalue weighted by molar-refractivity contribution is -0.926. The van der Waals surface area contributed by atoms with E-state index in [1.165, 1.54) is 24.3 Å². The lowest BCUT2D eigenvalue weighted by Crippen LogP contribution is -2.55. The standard InChI is InChI=1S/C14H20ClN3O3/c1-4-18(5-2,11(3)15)10-14(19)16-12-6-8-13(9-7-12)17(20)21/h6-9,11H,4-5,10H2,1-3H3/p+1. The average Bonchev–Trinajstić information content (AvgIpc) is 2.45. The Morgan fingerprint density at radius 2 is 1.86 bits per heavy atom. The van der Waals surface area contributed by atoms with Gasteiger partial charge in [0.25, 0.3) is 11.6 Å². The third-order valence-corrected chi connectivity index (χ3v) is 4.25. The van der Waals surface area contributed by atoms with Crippen molar-refractivity contribution >= 4 is 28.9 Å². The number of quaternary nitrogens is 1. The normalized spacial score (nSPS) is 12.8. The summed E-state index contributed by atoms with van der Waals surface area (Å²) < 4.78 is 0.486. The van der Waals surface area contributed by atoms with Gasteiger partial charge in [-0.2, -0.15) is 0 Å². The van der Waals surface area contributed by atoms with E-state index in [1.807, 2.05) is 20.8 Å². The molecule has 0 aliphatic carbocycles. The van der Waals surface area contributed by atoms with Crippen LogP contribution in [0.5, 0.6) is 0 Å². The monoisotopic (exact) mass is 314 g/mol. The summed E-state index contributed by atoms with van der Waals surface area (Å²) in [6.07, 6.45) is 0. The number of rotatable bonds is 7. The van der Waals surface area contributed by atoms with Gasteiger partial charge in [0.2, 0.25) is 0 Å². The van der Waals surface area contributed by atoms with E-state index in [0.29, 0.717) is 10.2 Å². The van der Waals surface area contributed by atoms with Crippen LogP contribution >= 0.6 is 11.6 Å². The molecule has 1 N–H and O–H groups in total. The highest BCUT2D eigenvalue weighted by atomic mass is 35.5. The van der Waals surface area contributed by atoms with Gasteiger partial charge in [0.05, 0.1) is 18.0 Å². The average molecular weight is 315 g/mol. The molecule has 0 aliphatic heterocycles. The van der Waals surface area contributed by atoms with E-state index in [9.17, 15) is 14.9 Å². The molecule has 0 aliphatic rings. The fraction of sp³-hybridized carbons (Fsp3) is 0.500. The van der Waals surface area contributed by atoms with Crippen LogP contribution in [0.2, 0.25) is 0 Å². The minimum atomic E-state index is -0.475. The summed E-state index contributed by atoms with van der Waals surface area (Å²) in [5.41, 5.74) is 0.371. The zero-order valence-electron chi connectivity index (χ0n) is 12.5. The molecule has 0 aromatic heterocycles. The Morgan fingerprint density at radius 1 is 1.33 bits per heavy atom. The van der Waals surface area contributed by atoms with Crippen molar-refractivity contribution < 1.29 is 14.2 Å². The number of non-ortho nitro benzene ring substituents is 1. The quantitative estimate of drug-likeness (QED) is 0.276. The molecule has 0 bridgehead atoms. The van der Waals surface area contributed by atoms with Crippen LogP contribution in [0.25, 0.3) is 0 Å². The maximum atomic E-state index is 12.1. The van der Waals surface area contributed by atoms with Gasteiger partial charge in [-0.3, -0.25) is 14.9 Å². The van der Waals surface area contributed by atoms with Crippen molar-refractivity contribution in [2.45, 2.75) is 26.3 Å². The van der Waals surface area contributed by atoms with Crippen molar-refractivity contribution in [2.75, 3.05) is 25.0 Å². The van der Waals surface area contributed by atoms with Crippen molar-refractivity contribution in [3.63, 3.8) is 0 Å². The Balaban J connectivity index is 2.74. The van der Waals surface area contributed by atoms with Crippen molar-refractivity contribution in [2.24, 2.45) is 0 Å². The third-order valence-electron chi connectivity index (χ3n) is 3.83. The molecular weight excluding hydrogens is 294 g/mol. The van der Waals surface area contributed by atoms with Crippen LogP contribution in [0.1, 0.15) is 20.8 Å². The zero-order chi connectivity index (χ0) is 16.0. The van der Waals surface area contributed by atoms with E-state index in [-0.39, 0.29) is 23.6 Å². The largest absolute Gasteiger partial charge is 0.321 e. The molecule has 1 aromatic rings. The van der Waals surface area contributed by atoms with Crippen molar-refractivity contribution in [1.29, 1.82) is 0 Å². The zero-order valence-corrected chi connectivity index (χ0v) is 13.3. The molecule has 0 saturated heterocycles. The number of nitrogens with zero attached hydrogens (tertiary/aromatic N) is 2. The summed E-state index contributed by atoms with van der Waals surface area (Å²) in [6, 6.07) is 5.77. The number of hydrogen-bond acceptors (Lipinski definition) is 3. The molecule has 1 aromatic carbocycles. The first-order chi connectivity index (χ1) is 9.84. The first-order valence-electron chi connectivity index (χ1n) is 6.88. The fourth-order valence-electron chi connectivity index (χ4n) is 2.23. The number of anilines is 1. The topological polar surface area (TPSA) is 72.2 Å². The van der Waals surface area contributed by atoms with E-state index in [0.717, 1.165) is 13.1 Å². The summed E-state index contributed by atoms with van der Waals surface area (Å²) >= 11 is 6.22. The molecule has 0 spiro atoms. The minimum Gasteiger partial charge on any atom is -0.321 e. The summed E-state index contributed by atoms with van der Waals surface area (Å²) in [6.45, 7) is 7.68. The molecule has 1 atom stereocenters. The van der Waals surface area contributed by atoms with Crippen LogP contribution < -0.4 is 5.32 Å². The van der Waals surface area contributed by atoms with E-state index < -0.39 is 4.92 Å². The number of likely N-dealkylation sites (N-methyl/N-ethyl adjacent to an activating group) is 1. The van der Waals surface area contributed by atoms with Gasteiger partial charge in [0.1, 0.15) is 0 Å². The van der Waals surface area contributed by atoms with E-state index in [1.54, 1.807) is 0 Å². The molecular formula is C14H21ClN3O3+. The maximum absolute atomic E-state index is 12.1. The van der Waals surface area contributed by atoms with E-state index in [2.05, 4.69) is 5.32 Å². The highest BCUT2D eigenvalue weighted by molar-refractivity contribution is 6.19. The lowest BCUT2D eigenvalue weighted by atomic mass is 10.2. The first kappa shape index (κ1) is 17.4. The van der Waals surface area contributed by atoms with Gasteiger partial charge < -0.3 is 9.80 Å². The number of nitro groups is 1. The molecule has 7 heteroatoms. The number of nitro benzene ring substituents is 1. The van der Waals surface area contributed by atoms with Crippen LogP contribution in [0.4, 0.5) is 11.4 Å². The van der Waals surface area contributed by atoms with Gasteiger partial charge in [0.15, 0.2) is 12.0 Å². The Morgan fingerprint density at radius 3 is 2.24 bits per heavy atom. The predicted octanol–water partition coefficient (Wildman–Crippen LogP) is 2.97. The highest BCUT2D eigenvalue weighted by Gasteiger charge is 2.31. The van der Waals surface area contributed by atoms with E-state index >= 15 is 0 Å². The second-order valence-corrected chi connectivity index (χ2v) is 5.57. The second kappa shape index (κ2) is 7.38. The molecule has 21 heavy (non-hydrogen) atoms. The number of alkyl halides is 1. The molecule has 0 heterocycles. The van der Waals surface area contributed by atoms with Gasteiger partial charge in [-0.05, 0) is 26.0 Å². The Labute approximate surface area is 129 Å². The second-order valence-electron chi connectivity index (χ2n) is 4.94. The van der Waals surface area contributed by atoms with Crippen LogP contribution in [0.3, 0.4) is 0 Å². The Bertz CT molecular complexity index is 499. The summed E-state index contributed by atoms with van der Waals surface area (Å²) in [7, 11) is 0. The van der Waals surface area contributed by atoms with Crippen LogP contribution in [0.15, 0.2) is 24.3 Å². The van der Waals surface area contributed by atoms with Crippen LogP contribution in [-0.4, -0.2) is 40.4 Å². The van der Waals surface area contributed by atoms with Gasteiger partial charge in [-0.15, -0.1) is 0 Å². The number of carbonyl (C=O) groups excluding carboxylic acids is 1. The highest BCUT2D eigenvalue weighted by Crippen LogP contribution is 2.18. The Hall–Kier alpha value is -1.66. The SMILES string of the molecule is CC[N+](CC)(CC(=O)Nc1ccc([N+](=O)[O-])cc1)C(C)Cl. The predicted molar refractivity (Wildman–Crippen MR) is 83.3 cm³/mol. The molecule has 0 saturated carbocycles.